The summed E-state index contributed by atoms with van der Waals surface area (Å²) in [4.78, 5) is 43.7. The predicted molar refractivity (Wildman–Crippen MR) is 125 cm³/mol. The Bertz CT molecular complexity index is 1000. The fourth-order valence-electron chi connectivity index (χ4n) is 6.36. The maximum Gasteiger partial charge on any atom is 0.310 e. The minimum absolute atomic E-state index is 0.260. The zero-order valence-corrected chi connectivity index (χ0v) is 20.2. The van der Waals surface area contributed by atoms with Crippen LogP contribution in [0, 0.1) is 11.8 Å². The Hall–Kier alpha value is -2.71. The first kappa shape index (κ1) is 24.4. The average molecular weight is 471 g/mol. The number of benzene rings is 1. The second-order valence-electron chi connectivity index (χ2n) is 10.8. The molecule has 3 aliphatic heterocycles. The van der Waals surface area contributed by atoms with Crippen LogP contribution < -0.4 is 0 Å². The van der Waals surface area contributed by atoms with E-state index >= 15 is 0 Å². The number of amides is 2. The monoisotopic (exact) mass is 470 g/mol. The van der Waals surface area contributed by atoms with Crippen LogP contribution >= 0.6 is 0 Å². The zero-order chi connectivity index (χ0) is 25.1. The number of carbonyl (C=O) groups is 3. The maximum absolute atomic E-state index is 14.3. The number of aliphatic carboxylic acids is 1. The summed E-state index contributed by atoms with van der Waals surface area (Å²) in [5.74, 6) is -3.94. The molecule has 0 aromatic heterocycles. The van der Waals surface area contributed by atoms with E-state index in [9.17, 15) is 24.6 Å². The lowest BCUT2D eigenvalue weighted by atomic mass is 9.66. The van der Waals surface area contributed by atoms with Gasteiger partial charge in [0.15, 0.2) is 0 Å². The van der Waals surface area contributed by atoms with E-state index in [4.69, 9.17) is 4.74 Å². The van der Waals surface area contributed by atoms with Crippen LogP contribution in [0.2, 0.25) is 0 Å². The highest BCUT2D eigenvalue weighted by atomic mass is 16.5. The van der Waals surface area contributed by atoms with Crippen LogP contribution in [0.4, 0.5) is 0 Å². The van der Waals surface area contributed by atoms with E-state index in [0.29, 0.717) is 18.4 Å². The fraction of sp³-hybridized carbons (Fsp3) is 0.577. The van der Waals surface area contributed by atoms with Crippen molar-refractivity contribution in [2.75, 3.05) is 13.2 Å². The third kappa shape index (κ3) is 3.38. The first-order valence-electron chi connectivity index (χ1n) is 11.8. The molecular weight excluding hydrogens is 436 g/mol. The van der Waals surface area contributed by atoms with Gasteiger partial charge in [-0.2, -0.15) is 0 Å². The van der Waals surface area contributed by atoms with Crippen molar-refractivity contribution in [3.05, 3.63) is 48.6 Å². The molecule has 3 saturated heterocycles. The third-order valence-corrected chi connectivity index (χ3v) is 7.80. The molecule has 2 N–H and O–H groups in total. The molecule has 8 nitrogen and oxygen atoms in total. The molecule has 3 aliphatic rings. The number of carbonyl (C=O) groups excluding carboxylic acids is 2. The van der Waals surface area contributed by atoms with Crippen molar-refractivity contribution in [3.63, 3.8) is 0 Å². The Morgan fingerprint density at radius 3 is 2.47 bits per heavy atom. The summed E-state index contributed by atoms with van der Waals surface area (Å²) < 4.78 is 6.45. The van der Waals surface area contributed by atoms with E-state index in [1.807, 2.05) is 26.8 Å². The number of rotatable bonds is 7. The second kappa shape index (κ2) is 8.20. The normalized spacial score (nSPS) is 33.0. The SMILES string of the molecule is C=CCN(C(=O)C1N([C@H](CO)c2ccccc2)C(=O)[C@@H]2[C@H](C(=O)O)[C@]3(C)CCC12O3)C(C)(C)C. The maximum atomic E-state index is 14.3. The van der Waals surface area contributed by atoms with Gasteiger partial charge in [0.05, 0.1) is 30.1 Å². The third-order valence-electron chi connectivity index (χ3n) is 7.80. The van der Waals surface area contributed by atoms with E-state index in [1.165, 1.54) is 4.90 Å². The van der Waals surface area contributed by atoms with Crippen LogP contribution in [-0.2, 0) is 19.1 Å². The number of hydrogen-bond donors (Lipinski definition) is 2. The summed E-state index contributed by atoms with van der Waals surface area (Å²) in [7, 11) is 0. The minimum atomic E-state index is -1.27. The van der Waals surface area contributed by atoms with Gasteiger partial charge in [-0.25, -0.2) is 0 Å². The first-order chi connectivity index (χ1) is 15.9. The molecule has 2 unspecified atom stereocenters. The van der Waals surface area contributed by atoms with Crippen LogP contribution in [0.3, 0.4) is 0 Å². The standard InChI is InChI=1S/C26H34N2O6/c1-6-14-27(24(2,3)4)22(31)20-26-13-12-25(5,34-26)19(23(32)33)18(26)21(30)28(20)17(15-29)16-10-8-7-9-11-16/h6-11,17-20,29H,1,12-15H2,2-5H3,(H,32,33)/t17-,18+,19-,20?,25+,26?/m1/s1. The summed E-state index contributed by atoms with van der Waals surface area (Å²) in [5.41, 5.74) is -2.20. The summed E-state index contributed by atoms with van der Waals surface area (Å²) in [6.45, 7) is 11.1. The molecule has 34 heavy (non-hydrogen) atoms. The van der Waals surface area contributed by atoms with Crippen LogP contribution in [0.1, 0.15) is 52.1 Å². The molecule has 3 fully saturated rings. The number of likely N-dealkylation sites (tertiary alicyclic amines) is 1. The molecule has 1 spiro atoms. The molecule has 1 aromatic carbocycles. The Labute approximate surface area is 200 Å². The molecule has 0 saturated carbocycles. The number of carboxylic acid groups (broad SMARTS) is 1. The van der Waals surface area contributed by atoms with Gasteiger partial charge in [-0.1, -0.05) is 36.4 Å². The van der Waals surface area contributed by atoms with Crippen molar-refractivity contribution in [1.82, 2.24) is 9.80 Å². The molecular formula is C26H34N2O6. The predicted octanol–water partition coefficient (Wildman–Crippen LogP) is 2.38. The lowest BCUT2D eigenvalue weighted by molar-refractivity contribution is -0.160. The fourth-order valence-corrected chi connectivity index (χ4v) is 6.36. The largest absolute Gasteiger partial charge is 0.481 e. The molecule has 4 rings (SSSR count). The Balaban J connectivity index is 1.90. The number of aliphatic hydroxyl groups is 1. The quantitative estimate of drug-likeness (QED) is 0.593. The van der Waals surface area contributed by atoms with Crippen molar-refractivity contribution in [2.24, 2.45) is 11.8 Å². The number of aliphatic hydroxyl groups excluding tert-OH is 1. The van der Waals surface area contributed by atoms with Gasteiger partial charge < -0.3 is 24.7 Å². The Morgan fingerprint density at radius 1 is 1.29 bits per heavy atom. The van der Waals surface area contributed by atoms with Gasteiger partial charge in [0.25, 0.3) is 0 Å². The number of nitrogens with zero attached hydrogens (tertiary/aromatic N) is 2. The molecule has 3 heterocycles. The summed E-state index contributed by atoms with van der Waals surface area (Å²) in [5, 5.41) is 20.5. The minimum Gasteiger partial charge on any atom is -0.481 e. The van der Waals surface area contributed by atoms with Crippen molar-refractivity contribution in [2.45, 2.75) is 69.4 Å². The average Bonchev–Trinajstić information content (AvgIpc) is 3.33. The number of hydrogen-bond acceptors (Lipinski definition) is 5. The van der Waals surface area contributed by atoms with Crippen molar-refractivity contribution < 1.29 is 29.3 Å². The summed E-state index contributed by atoms with van der Waals surface area (Å²) in [6.07, 6.45) is 2.47. The van der Waals surface area contributed by atoms with Gasteiger partial charge in [0, 0.05) is 12.1 Å². The summed E-state index contributed by atoms with van der Waals surface area (Å²) >= 11 is 0. The highest BCUT2D eigenvalue weighted by Crippen LogP contribution is 2.64. The Morgan fingerprint density at radius 2 is 1.94 bits per heavy atom. The first-order valence-corrected chi connectivity index (χ1v) is 11.8. The molecule has 8 heteroatoms. The smallest absolute Gasteiger partial charge is 0.310 e. The summed E-state index contributed by atoms with van der Waals surface area (Å²) in [6, 6.07) is 7.15. The number of fused-ring (bicyclic) bond motifs is 1. The zero-order valence-electron chi connectivity index (χ0n) is 20.2. The van der Waals surface area contributed by atoms with E-state index in [2.05, 4.69) is 6.58 Å². The molecule has 2 amide bonds. The van der Waals surface area contributed by atoms with Crippen LogP contribution in [0.15, 0.2) is 43.0 Å². The topological polar surface area (TPSA) is 107 Å². The van der Waals surface area contributed by atoms with E-state index in [1.54, 1.807) is 42.2 Å². The van der Waals surface area contributed by atoms with Gasteiger partial charge in [-0.3, -0.25) is 14.4 Å². The Kier molecular flexibility index (Phi) is 5.89. The number of carboxylic acids is 1. The molecule has 0 aliphatic carbocycles. The van der Waals surface area contributed by atoms with Gasteiger partial charge in [0.2, 0.25) is 11.8 Å². The molecule has 0 radical (unpaired) electrons. The molecule has 6 atom stereocenters. The van der Waals surface area contributed by atoms with E-state index in [-0.39, 0.29) is 12.5 Å². The van der Waals surface area contributed by atoms with Gasteiger partial charge in [-0.05, 0) is 46.1 Å². The lowest BCUT2D eigenvalue weighted by Crippen LogP contribution is -2.60. The molecule has 184 valence electrons. The van der Waals surface area contributed by atoms with Crippen LogP contribution in [0.25, 0.3) is 0 Å². The molecule has 1 aromatic rings. The molecule has 2 bridgehead atoms. The van der Waals surface area contributed by atoms with Crippen molar-refractivity contribution in [3.8, 4) is 0 Å². The highest BCUT2D eigenvalue weighted by molar-refractivity contribution is 5.98. The van der Waals surface area contributed by atoms with Gasteiger partial charge in [0.1, 0.15) is 11.6 Å². The lowest BCUT2D eigenvalue weighted by Gasteiger charge is -2.43. The van der Waals surface area contributed by atoms with Crippen molar-refractivity contribution >= 4 is 17.8 Å². The van der Waals surface area contributed by atoms with E-state index in [0.717, 1.165) is 0 Å². The van der Waals surface area contributed by atoms with E-state index < -0.39 is 59.1 Å². The highest BCUT2D eigenvalue weighted by Gasteiger charge is 2.79. The van der Waals surface area contributed by atoms with Gasteiger partial charge >= 0.3 is 5.97 Å². The van der Waals surface area contributed by atoms with Crippen LogP contribution in [0.5, 0.6) is 0 Å². The van der Waals surface area contributed by atoms with Crippen molar-refractivity contribution in [1.29, 1.82) is 0 Å². The van der Waals surface area contributed by atoms with Gasteiger partial charge in [-0.15, -0.1) is 6.58 Å². The van der Waals surface area contributed by atoms with Crippen LogP contribution in [-0.4, -0.2) is 73.7 Å². The number of ether oxygens (including phenoxy) is 1. The second-order valence-corrected chi connectivity index (χ2v) is 10.8.